The molecule has 7 aromatic heterocycles. The number of nitrogen functional groups attached to an aromatic ring is 1. The van der Waals surface area contributed by atoms with Crippen LogP contribution in [0.4, 0.5) is 50.7 Å². The van der Waals surface area contributed by atoms with Crippen LogP contribution in [0.2, 0.25) is 35.2 Å². The molecule has 0 bridgehead atoms. The molecular formula is C80H66Br2Cl7FN20O12. The van der Waals surface area contributed by atoms with E-state index in [2.05, 4.69) is 109 Å². The highest BCUT2D eigenvalue weighted by Crippen LogP contribution is 2.40. The summed E-state index contributed by atoms with van der Waals surface area (Å²) in [5, 5.41) is 24.5. The number of carbonyl (C=O) groups excluding carboxylic acids is 8. The number of ketones is 1. The van der Waals surface area contributed by atoms with Crippen molar-refractivity contribution in [2.45, 2.75) is 83.2 Å². The number of nitrogens with zero attached hydrogens (tertiary/aromatic N) is 9. The summed E-state index contributed by atoms with van der Waals surface area (Å²) in [6.45, 7) is 6.54. The number of halogens is 10. The number of H-pyrrole nitrogens is 1. The van der Waals surface area contributed by atoms with Gasteiger partial charge in [0.1, 0.15) is 111 Å². The van der Waals surface area contributed by atoms with Crippen molar-refractivity contribution in [1.29, 1.82) is 0 Å². The first-order valence-electron chi connectivity index (χ1n) is 36.5. The van der Waals surface area contributed by atoms with Gasteiger partial charge in [-0.15, -0.1) is 0 Å². The summed E-state index contributed by atoms with van der Waals surface area (Å²) in [5.74, 6) is -0.492. The van der Waals surface area contributed by atoms with Crippen LogP contribution < -0.4 is 76.2 Å². The third-order valence-electron chi connectivity index (χ3n) is 19.2. The molecular weight excluding hydrogens is 1860 g/mol. The zero-order chi connectivity index (χ0) is 88.1. The molecule has 11 aromatic rings. The SMILES string of the molecule is CC(=O)c1cccc(F)c1.CC1(c2cccc(Cl)c2)NC(=O)c2c(Cl)cc(Br)c(=O)n21.CC1(c2cccc(Cl)c2)NC(=O)c2c(Cl)cc(Nc3cc(NC(=O)C4CC4)ncn3)c(=O)n21.CC1(c2cccc(Cl)c2)NC(=O)c2c(Cl)cc(Nc3cc(NC(=O)C4CC4)ncn3)c(=O)n21.NC(=O)c1[nH]c(=O)c(Br)cc1Cl.Nc1cc(NC(=O)C2CC2)ncn1. The number of hydrogen-bond donors (Lipinski definition) is 11. The van der Waals surface area contributed by atoms with Crippen LogP contribution in [-0.2, 0) is 31.4 Å². The summed E-state index contributed by atoms with van der Waals surface area (Å²) in [6.07, 6.45) is 9.30. The Labute approximate surface area is 742 Å². The third-order valence-corrected chi connectivity index (χ3v) is 22.2. The first-order chi connectivity index (χ1) is 57.8. The van der Waals surface area contributed by atoms with E-state index < -0.39 is 57.3 Å². The number of hydrogen-bond acceptors (Lipinski definition) is 21. The number of rotatable bonds is 15. The molecule has 0 saturated heterocycles. The lowest BCUT2D eigenvalue weighted by Gasteiger charge is -2.28. The molecule has 10 heterocycles. The van der Waals surface area contributed by atoms with Crippen molar-refractivity contribution in [2.24, 2.45) is 23.5 Å². The molecule has 3 unspecified atom stereocenters. The minimum absolute atomic E-state index is 0.0192. The van der Waals surface area contributed by atoms with Crippen LogP contribution >= 0.6 is 113 Å². The molecule has 0 radical (unpaired) electrons. The van der Waals surface area contributed by atoms with Crippen LogP contribution in [0, 0.1) is 23.6 Å². The minimum atomic E-state index is -1.20. The smallest absolute Gasteiger partial charge is 0.277 e. The molecule has 7 amide bonds. The van der Waals surface area contributed by atoms with Crippen molar-refractivity contribution in [3.63, 3.8) is 0 Å². The highest BCUT2D eigenvalue weighted by atomic mass is 79.9. The molecule has 3 atom stereocenters. The van der Waals surface area contributed by atoms with Crippen LogP contribution in [0.3, 0.4) is 0 Å². The molecule has 3 saturated carbocycles. The maximum absolute atomic E-state index is 13.5. The number of nitrogens with two attached hydrogens (primary N) is 2. The molecule has 6 aliphatic rings. The molecule has 42 heteroatoms. The minimum Gasteiger partial charge on any atom is -0.384 e. The molecule has 122 heavy (non-hydrogen) atoms. The highest BCUT2D eigenvalue weighted by Gasteiger charge is 2.47. The van der Waals surface area contributed by atoms with E-state index in [4.69, 9.17) is 92.7 Å². The number of primary amides is 1. The fourth-order valence-corrected chi connectivity index (χ4v) is 15.3. The monoisotopic (exact) mass is 1920 g/mol. The summed E-state index contributed by atoms with van der Waals surface area (Å²) in [4.78, 5) is 171. The van der Waals surface area contributed by atoms with Gasteiger partial charge in [0.15, 0.2) is 5.78 Å². The van der Waals surface area contributed by atoms with Crippen molar-refractivity contribution in [3.05, 3.63) is 295 Å². The van der Waals surface area contributed by atoms with Gasteiger partial charge in [0, 0.05) is 56.6 Å². The van der Waals surface area contributed by atoms with Crippen molar-refractivity contribution >= 4 is 206 Å². The molecule has 0 spiro atoms. The predicted octanol–water partition coefficient (Wildman–Crippen LogP) is 13.7. The summed E-state index contributed by atoms with van der Waals surface area (Å²) in [7, 11) is 0. The summed E-state index contributed by atoms with van der Waals surface area (Å²) in [6, 6.07) is 36.5. The Balaban J connectivity index is 0.000000142. The Bertz CT molecular complexity index is 6170. The van der Waals surface area contributed by atoms with Gasteiger partial charge >= 0.3 is 0 Å². The highest BCUT2D eigenvalue weighted by molar-refractivity contribution is 9.10. The van der Waals surface area contributed by atoms with Crippen LogP contribution in [0.25, 0.3) is 0 Å². The quantitative estimate of drug-likeness (QED) is 0.0425. The molecule has 628 valence electrons. The Kier molecular flexibility index (Phi) is 27.3. The van der Waals surface area contributed by atoms with E-state index in [9.17, 15) is 61.9 Å². The standard InChI is InChI=1S/2C22H18Cl2N6O3.C14H9BrCl2N2O2.C8H7FO.C8H10N4O.C6H4BrClN2O2/c2*1-22(12-3-2-4-13(23)7-12)29-20(32)18-14(24)8-15(21(33)30(18)22)27-16-9-17(26-10-25-16)28-19(31)11-5-6-11;1-14(7-3-2-4-8(16)5-7)18-12(20)11-10(17)6-9(15)13(21)19(11)14;1-6(10)7-3-2-4-8(9)5-7;9-6-3-7(11-4-10-6)12-8(13)5-1-2-5;7-2-1-3(8)4(5(9)11)10-6(2)12/h2*2-4,7-11H,5-6H2,1H3,(H,29,32)(H2,25,26,27,28,31);2-6H,1H3,(H,18,20);2-5H,1H3;3-5H,1-2H2,(H3,9,10,11,12,13);1H,(H2,9,11)(H,10,12). The maximum Gasteiger partial charge on any atom is 0.277 e. The normalized spacial score (nSPS) is 17.2. The Morgan fingerprint density at radius 2 is 0.803 bits per heavy atom. The number of carbonyl (C=O) groups is 8. The lowest BCUT2D eigenvalue weighted by atomic mass is 10.0. The number of anilines is 8. The van der Waals surface area contributed by atoms with Crippen LogP contribution in [0.1, 0.15) is 135 Å². The summed E-state index contributed by atoms with van der Waals surface area (Å²) < 4.78 is 16.9. The molecule has 3 fully saturated rings. The van der Waals surface area contributed by atoms with E-state index in [0.717, 1.165) is 38.5 Å². The largest absolute Gasteiger partial charge is 0.384 e. The van der Waals surface area contributed by atoms with Gasteiger partial charge in [-0.2, -0.15) is 0 Å². The van der Waals surface area contributed by atoms with Gasteiger partial charge in [-0.05, 0) is 188 Å². The van der Waals surface area contributed by atoms with Crippen LogP contribution in [0.15, 0.2) is 187 Å². The number of benzene rings is 4. The Morgan fingerprint density at radius 1 is 0.451 bits per heavy atom. The molecule has 4 aromatic carbocycles. The zero-order valence-electron chi connectivity index (χ0n) is 63.8. The molecule has 17 rings (SSSR count). The number of aromatic nitrogens is 10. The molecule has 13 N–H and O–H groups in total. The van der Waals surface area contributed by atoms with Crippen molar-refractivity contribution in [1.82, 2.24) is 64.5 Å². The number of Topliss-reactive ketones (excluding diaryl/α,β-unsaturated/α-hetero) is 1. The first kappa shape index (κ1) is 89.5. The first-order valence-corrected chi connectivity index (χ1v) is 40.7. The molecule has 3 aliphatic carbocycles. The fourth-order valence-electron chi connectivity index (χ4n) is 12.6. The third kappa shape index (κ3) is 20.5. The summed E-state index contributed by atoms with van der Waals surface area (Å²) >= 11 is 49.0. The topological polar surface area (TPSA) is 461 Å². The second-order valence-electron chi connectivity index (χ2n) is 28.3. The number of nitrogens with one attached hydrogen (secondary N) is 9. The van der Waals surface area contributed by atoms with Gasteiger partial charge in [-0.3, -0.25) is 71.2 Å². The van der Waals surface area contributed by atoms with Gasteiger partial charge in [0.05, 0.1) is 29.0 Å². The van der Waals surface area contributed by atoms with E-state index in [1.807, 2.05) is 0 Å². The average Bonchev–Trinajstić information content (AvgIpc) is 1.58. The van der Waals surface area contributed by atoms with E-state index in [0.29, 0.717) is 65.1 Å². The number of aromatic amines is 1. The number of amides is 7. The van der Waals surface area contributed by atoms with Gasteiger partial charge in [0.2, 0.25) is 17.7 Å². The van der Waals surface area contributed by atoms with E-state index in [-0.39, 0.29) is 123 Å². The zero-order valence-corrected chi connectivity index (χ0v) is 72.3. The Hall–Kier alpha value is -11.8. The number of fused-ring (bicyclic) bond motifs is 3. The van der Waals surface area contributed by atoms with Crippen LogP contribution in [-0.4, -0.2) is 95.7 Å². The lowest BCUT2D eigenvalue weighted by molar-refractivity contribution is -0.118. The average molecular weight is 1930 g/mol. The second kappa shape index (κ2) is 37.3. The fraction of sp³-hybridized carbons (Fsp3) is 0.200. The van der Waals surface area contributed by atoms with E-state index in [1.165, 1.54) is 94.2 Å². The van der Waals surface area contributed by atoms with Crippen molar-refractivity contribution in [3.8, 4) is 0 Å². The van der Waals surface area contributed by atoms with Gasteiger partial charge in [-0.25, -0.2) is 34.3 Å². The lowest BCUT2D eigenvalue weighted by Crippen LogP contribution is -2.46. The van der Waals surface area contributed by atoms with E-state index in [1.54, 1.807) is 106 Å². The van der Waals surface area contributed by atoms with Crippen molar-refractivity contribution in [2.75, 3.05) is 32.3 Å². The van der Waals surface area contributed by atoms with Crippen LogP contribution in [0.5, 0.6) is 0 Å². The van der Waals surface area contributed by atoms with Gasteiger partial charge < -0.3 is 59.0 Å². The Morgan fingerprint density at radius 3 is 1.16 bits per heavy atom. The molecule has 3 aliphatic heterocycles. The second-order valence-corrected chi connectivity index (χ2v) is 32.9. The molecule has 32 nitrogen and oxygen atoms in total. The van der Waals surface area contributed by atoms with E-state index >= 15 is 0 Å². The summed E-state index contributed by atoms with van der Waals surface area (Å²) in [5.41, 5.74) is 7.87. The van der Waals surface area contributed by atoms with Gasteiger partial charge in [0.25, 0.3) is 45.9 Å². The number of pyridine rings is 4. The van der Waals surface area contributed by atoms with Crippen molar-refractivity contribution < 1.29 is 42.7 Å². The predicted molar refractivity (Wildman–Crippen MR) is 466 cm³/mol. The maximum atomic E-state index is 13.5. The van der Waals surface area contributed by atoms with Gasteiger partial charge in [-0.1, -0.05) is 130 Å².